The zero-order chi connectivity index (χ0) is 13.8. The van der Waals surface area contributed by atoms with Crippen LogP contribution in [-0.2, 0) is 0 Å². The molecule has 5 heteroatoms. The molecule has 19 heavy (non-hydrogen) atoms. The Morgan fingerprint density at radius 1 is 1.21 bits per heavy atom. The number of pyridine rings is 1. The van der Waals surface area contributed by atoms with Crippen LogP contribution in [0.15, 0.2) is 36.5 Å². The van der Waals surface area contributed by atoms with Gasteiger partial charge in [-0.3, -0.25) is 0 Å². The maximum atomic E-state index is 13.4. The number of hydrogen-bond donors (Lipinski definition) is 1. The van der Waals surface area contributed by atoms with E-state index in [9.17, 15) is 8.78 Å². The molecule has 2 rings (SSSR count). The third-order valence-electron chi connectivity index (χ3n) is 2.80. The average molecular weight is 264 g/mol. The number of aromatic nitrogens is 1. The Balaban J connectivity index is 2.15. The predicted octanol–water partition coefficient (Wildman–Crippen LogP) is 3.43. The molecule has 1 aromatic heterocycles. The van der Waals surface area contributed by atoms with E-state index in [4.69, 9.17) is 4.74 Å². The number of nitrogens with zero attached hydrogens (tertiary/aromatic N) is 1. The lowest BCUT2D eigenvalue weighted by atomic mass is 10.1. The molecule has 0 saturated heterocycles. The van der Waals surface area contributed by atoms with E-state index in [0.29, 0.717) is 0 Å². The molecular weight excluding hydrogens is 250 g/mol. The van der Waals surface area contributed by atoms with Gasteiger partial charge in [-0.1, -0.05) is 6.07 Å². The van der Waals surface area contributed by atoms with Gasteiger partial charge >= 0.3 is 0 Å². The number of halogens is 2. The topological polar surface area (TPSA) is 34.1 Å². The van der Waals surface area contributed by atoms with Crippen molar-refractivity contribution in [2.24, 2.45) is 0 Å². The van der Waals surface area contributed by atoms with Crippen LogP contribution in [0.4, 0.5) is 8.78 Å². The monoisotopic (exact) mass is 264 g/mol. The van der Waals surface area contributed by atoms with Gasteiger partial charge in [0.15, 0.2) is 11.6 Å². The minimum Gasteiger partial charge on any atom is -0.436 e. The largest absolute Gasteiger partial charge is 0.436 e. The van der Waals surface area contributed by atoms with Gasteiger partial charge in [0, 0.05) is 24.4 Å². The van der Waals surface area contributed by atoms with Crippen LogP contribution >= 0.6 is 0 Å². The predicted molar refractivity (Wildman–Crippen MR) is 68.1 cm³/mol. The molecule has 0 saturated carbocycles. The molecule has 0 aliphatic carbocycles. The molecule has 0 amide bonds. The standard InChI is InChI=1S/C14H14F2N2O/c1-9(17-2)10-3-6-14(18-8-10)19-13-5-4-11(15)7-12(13)16/h3-9,17H,1-2H3. The third kappa shape index (κ3) is 3.26. The van der Waals surface area contributed by atoms with Crippen molar-refractivity contribution in [2.45, 2.75) is 13.0 Å². The normalized spacial score (nSPS) is 12.2. The van der Waals surface area contributed by atoms with Crippen LogP contribution in [0.2, 0.25) is 0 Å². The lowest BCUT2D eigenvalue weighted by Gasteiger charge is -2.11. The Labute approximate surface area is 110 Å². The van der Waals surface area contributed by atoms with E-state index in [1.165, 1.54) is 6.07 Å². The van der Waals surface area contributed by atoms with Crippen LogP contribution in [0.5, 0.6) is 11.6 Å². The molecular formula is C14H14F2N2O. The second kappa shape index (κ2) is 5.75. The first-order valence-corrected chi connectivity index (χ1v) is 5.86. The number of benzene rings is 1. The van der Waals surface area contributed by atoms with Crippen LogP contribution in [-0.4, -0.2) is 12.0 Å². The summed E-state index contributed by atoms with van der Waals surface area (Å²) in [5, 5.41) is 3.08. The van der Waals surface area contributed by atoms with E-state index in [1.807, 2.05) is 20.0 Å². The molecule has 1 heterocycles. The van der Waals surface area contributed by atoms with Crippen molar-refractivity contribution in [3.05, 3.63) is 53.7 Å². The second-order valence-electron chi connectivity index (χ2n) is 4.12. The van der Waals surface area contributed by atoms with Crippen molar-refractivity contribution in [1.29, 1.82) is 0 Å². The Morgan fingerprint density at radius 3 is 2.58 bits per heavy atom. The first-order chi connectivity index (χ1) is 9.10. The van der Waals surface area contributed by atoms with Crippen molar-refractivity contribution >= 4 is 0 Å². The Kier molecular flexibility index (Phi) is 4.06. The average Bonchev–Trinajstić information content (AvgIpc) is 2.42. The fourth-order valence-electron chi connectivity index (χ4n) is 1.55. The molecule has 1 unspecified atom stereocenters. The summed E-state index contributed by atoms with van der Waals surface area (Å²) in [5.41, 5.74) is 0.995. The van der Waals surface area contributed by atoms with Gasteiger partial charge in [-0.2, -0.15) is 0 Å². The highest BCUT2D eigenvalue weighted by Crippen LogP contribution is 2.24. The summed E-state index contributed by atoms with van der Waals surface area (Å²) < 4.78 is 31.4. The fraction of sp³-hybridized carbons (Fsp3) is 0.214. The van der Waals surface area contributed by atoms with Crippen LogP contribution in [0.1, 0.15) is 18.5 Å². The second-order valence-corrected chi connectivity index (χ2v) is 4.12. The maximum absolute atomic E-state index is 13.4. The number of nitrogens with one attached hydrogen (secondary N) is 1. The van der Waals surface area contributed by atoms with Gasteiger partial charge in [0.25, 0.3) is 0 Å². The van der Waals surface area contributed by atoms with E-state index in [1.54, 1.807) is 12.3 Å². The highest BCUT2D eigenvalue weighted by Gasteiger charge is 2.08. The Morgan fingerprint density at radius 2 is 2.00 bits per heavy atom. The molecule has 3 nitrogen and oxygen atoms in total. The van der Waals surface area contributed by atoms with Crippen molar-refractivity contribution in [2.75, 3.05) is 7.05 Å². The van der Waals surface area contributed by atoms with E-state index in [0.717, 1.165) is 17.7 Å². The molecule has 0 aliphatic rings. The van der Waals surface area contributed by atoms with Gasteiger partial charge in [-0.25, -0.2) is 13.8 Å². The number of hydrogen-bond acceptors (Lipinski definition) is 3. The van der Waals surface area contributed by atoms with Crippen LogP contribution in [0.25, 0.3) is 0 Å². The van der Waals surface area contributed by atoms with Crippen molar-refractivity contribution in [3.8, 4) is 11.6 Å². The van der Waals surface area contributed by atoms with Crippen molar-refractivity contribution < 1.29 is 13.5 Å². The van der Waals surface area contributed by atoms with Gasteiger partial charge in [-0.15, -0.1) is 0 Å². The molecule has 0 aliphatic heterocycles. The molecule has 0 fully saturated rings. The zero-order valence-corrected chi connectivity index (χ0v) is 10.7. The van der Waals surface area contributed by atoms with Crippen molar-refractivity contribution in [3.63, 3.8) is 0 Å². The molecule has 1 N–H and O–H groups in total. The quantitative estimate of drug-likeness (QED) is 0.918. The molecule has 0 spiro atoms. The smallest absolute Gasteiger partial charge is 0.219 e. The van der Waals surface area contributed by atoms with E-state index >= 15 is 0 Å². The summed E-state index contributed by atoms with van der Waals surface area (Å²) >= 11 is 0. The summed E-state index contributed by atoms with van der Waals surface area (Å²) in [4.78, 5) is 4.08. The Hall–Kier alpha value is -2.01. The summed E-state index contributed by atoms with van der Waals surface area (Å²) in [6.07, 6.45) is 1.65. The molecule has 0 bridgehead atoms. The summed E-state index contributed by atoms with van der Waals surface area (Å²) in [6.45, 7) is 2.00. The summed E-state index contributed by atoms with van der Waals surface area (Å²) in [7, 11) is 1.85. The summed E-state index contributed by atoms with van der Waals surface area (Å²) in [5.74, 6) is -1.19. The fourth-order valence-corrected chi connectivity index (χ4v) is 1.55. The van der Waals surface area contributed by atoms with Crippen LogP contribution < -0.4 is 10.1 Å². The minimum atomic E-state index is -0.755. The lowest BCUT2D eigenvalue weighted by molar-refractivity contribution is 0.423. The lowest BCUT2D eigenvalue weighted by Crippen LogP contribution is -2.12. The number of ether oxygens (including phenoxy) is 1. The van der Waals surface area contributed by atoms with E-state index < -0.39 is 11.6 Å². The molecule has 0 radical (unpaired) electrons. The first-order valence-electron chi connectivity index (χ1n) is 5.86. The van der Waals surface area contributed by atoms with Gasteiger partial charge < -0.3 is 10.1 Å². The first kappa shape index (κ1) is 13.4. The third-order valence-corrected chi connectivity index (χ3v) is 2.80. The van der Waals surface area contributed by atoms with Gasteiger partial charge in [0.05, 0.1) is 0 Å². The SMILES string of the molecule is CNC(C)c1ccc(Oc2ccc(F)cc2F)nc1. The Bertz CT molecular complexity index is 558. The zero-order valence-electron chi connectivity index (χ0n) is 10.7. The molecule has 2 aromatic rings. The van der Waals surface area contributed by atoms with Crippen molar-refractivity contribution in [1.82, 2.24) is 10.3 Å². The molecule has 1 atom stereocenters. The summed E-state index contributed by atoms with van der Waals surface area (Å²) in [6, 6.07) is 6.79. The van der Waals surface area contributed by atoms with E-state index in [2.05, 4.69) is 10.3 Å². The maximum Gasteiger partial charge on any atom is 0.219 e. The van der Waals surface area contributed by atoms with Gasteiger partial charge in [0.1, 0.15) is 5.82 Å². The molecule has 1 aromatic carbocycles. The minimum absolute atomic E-state index is 0.0525. The van der Waals surface area contributed by atoms with Crippen LogP contribution in [0, 0.1) is 11.6 Å². The molecule has 100 valence electrons. The van der Waals surface area contributed by atoms with E-state index in [-0.39, 0.29) is 17.7 Å². The highest BCUT2D eigenvalue weighted by molar-refractivity contribution is 5.30. The highest BCUT2D eigenvalue weighted by atomic mass is 19.1. The van der Waals surface area contributed by atoms with Gasteiger partial charge in [0.2, 0.25) is 5.88 Å². The number of rotatable bonds is 4. The van der Waals surface area contributed by atoms with Crippen LogP contribution in [0.3, 0.4) is 0 Å². The van der Waals surface area contributed by atoms with Gasteiger partial charge in [-0.05, 0) is 31.7 Å².